The van der Waals surface area contributed by atoms with Crippen molar-refractivity contribution in [1.82, 2.24) is 24.4 Å². The van der Waals surface area contributed by atoms with Gasteiger partial charge in [0.05, 0.1) is 23.4 Å². The third-order valence-corrected chi connectivity index (χ3v) is 6.04. The predicted octanol–water partition coefficient (Wildman–Crippen LogP) is 2.25. The maximum atomic E-state index is 13.6. The number of pyridine rings is 2. The second kappa shape index (κ2) is 9.87. The van der Waals surface area contributed by atoms with Crippen LogP contribution in [0.15, 0.2) is 35.4 Å². The summed E-state index contributed by atoms with van der Waals surface area (Å²) in [5, 5.41) is 19.5. The van der Waals surface area contributed by atoms with E-state index < -0.39 is 37.0 Å². The molecule has 3 aromatic rings. The number of ether oxygens (including phenoxy) is 1. The Morgan fingerprint density at radius 2 is 2.00 bits per heavy atom. The monoisotopic (exact) mass is 486 g/mol. The van der Waals surface area contributed by atoms with Crippen LogP contribution in [0.1, 0.15) is 44.8 Å². The van der Waals surface area contributed by atoms with E-state index >= 15 is 0 Å². The topological polar surface area (TPSA) is 134 Å². The van der Waals surface area contributed by atoms with Gasteiger partial charge in [-0.15, -0.1) is 0 Å². The van der Waals surface area contributed by atoms with Gasteiger partial charge in [0.1, 0.15) is 23.5 Å². The van der Waals surface area contributed by atoms with Crippen LogP contribution < -0.4 is 15.3 Å². The van der Waals surface area contributed by atoms with E-state index in [1.165, 1.54) is 21.7 Å². The fraction of sp³-hybridized carbons (Fsp3) is 0.458. The van der Waals surface area contributed by atoms with Crippen molar-refractivity contribution in [3.63, 3.8) is 0 Å². The molecule has 2 atom stereocenters. The largest absolute Gasteiger partial charge is 0.490 e. The summed E-state index contributed by atoms with van der Waals surface area (Å²) in [5.41, 5.74) is 0.344. The second-order valence-electron chi connectivity index (χ2n) is 8.72. The first-order valence-corrected chi connectivity index (χ1v) is 11.2. The Morgan fingerprint density at radius 1 is 1.23 bits per heavy atom. The number of amides is 1. The molecule has 3 aromatic heterocycles. The van der Waals surface area contributed by atoms with Crippen LogP contribution in [0, 0.1) is 0 Å². The molecule has 1 amide bonds. The van der Waals surface area contributed by atoms with E-state index in [-0.39, 0.29) is 41.6 Å². The molecule has 4 rings (SSSR count). The standard InChI is InChI=1S/C24H30N6O5/c1-14(2)20-17(6-5-8-25-20)30-21-19(18(7-9-26-21)35-11-10-31)22(27-23(30)32)28-12-16(4)29(24(33)34)13-15(28)3/h5-9,14-16,31H,10-13H2,1-4H3,(H,33,34)/i10D2,11D2. The highest BCUT2D eigenvalue weighted by atomic mass is 16.5. The van der Waals surface area contributed by atoms with Crippen molar-refractivity contribution in [3.8, 4) is 11.4 Å². The third kappa shape index (κ3) is 4.51. The van der Waals surface area contributed by atoms with Crippen molar-refractivity contribution in [2.75, 3.05) is 31.1 Å². The summed E-state index contributed by atoms with van der Waals surface area (Å²) < 4.78 is 37.7. The van der Waals surface area contributed by atoms with E-state index in [2.05, 4.69) is 15.0 Å². The quantitative estimate of drug-likeness (QED) is 0.538. The van der Waals surface area contributed by atoms with Gasteiger partial charge in [0, 0.05) is 37.6 Å². The number of fused-ring (bicyclic) bond motifs is 1. The molecule has 35 heavy (non-hydrogen) atoms. The van der Waals surface area contributed by atoms with E-state index in [9.17, 15) is 19.8 Å². The molecule has 0 aliphatic carbocycles. The summed E-state index contributed by atoms with van der Waals surface area (Å²) in [6, 6.07) is 3.72. The minimum absolute atomic E-state index is 0.0484. The van der Waals surface area contributed by atoms with Crippen molar-refractivity contribution >= 4 is 22.9 Å². The summed E-state index contributed by atoms with van der Waals surface area (Å²) in [6.07, 6.45) is 1.79. The number of aliphatic hydroxyl groups is 1. The van der Waals surface area contributed by atoms with Gasteiger partial charge in [0.25, 0.3) is 0 Å². The third-order valence-electron chi connectivity index (χ3n) is 6.04. The van der Waals surface area contributed by atoms with Crippen LogP contribution in [0.25, 0.3) is 16.7 Å². The molecule has 11 nitrogen and oxygen atoms in total. The van der Waals surface area contributed by atoms with E-state index in [0.717, 1.165) is 0 Å². The molecule has 0 saturated carbocycles. The number of carboxylic acid groups (broad SMARTS) is 1. The number of aromatic nitrogens is 4. The van der Waals surface area contributed by atoms with Crippen LogP contribution >= 0.6 is 0 Å². The lowest BCUT2D eigenvalue weighted by molar-refractivity contribution is 0.114. The highest BCUT2D eigenvalue weighted by Gasteiger charge is 2.35. The molecule has 2 N–H and O–H groups in total. The number of hydrogen-bond acceptors (Lipinski definition) is 8. The number of rotatable bonds is 6. The Balaban J connectivity index is 2.03. The number of piperazine rings is 1. The minimum Gasteiger partial charge on any atom is -0.490 e. The Labute approximate surface area is 208 Å². The highest BCUT2D eigenvalue weighted by molar-refractivity contribution is 5.94. The van der Waals surface area contributed by atoms with Crippen LogP contribution in [0.4, 0.5) is 10.6 Å². The molecule has 186 valence electrons. The zero-order chi connectivity index (χ0) is 28.9. The molecule has 1 saturated heterocycles. The van der Waals surface area contributed by atoms with Crippen molar-refractivity contribution in [2.24, 2.45) is 0 Å². The smallest absolute Gasteiger partial charge is 0.407 e. The van der Waals surface area contributed by atoms with Crippen molar-refractivity contribution < 1.29 is 25.2 Å². The maximum absolute atomic E-state index is 13.6. The first-order chi connectivity index (χ1) is 18.1. The molecule has 1 fully saturated rings. The zero-order valence-electron chi connectivity index (χ0n) is 23.8. The van der Waals surface area contributed by atoms with Gasteiger partial charge in [-0.2, -0.15) is 4.98 Å². The normalized spacial score (nSPS) is 20.9. The van der Waals surface area contributed by atoms with E-state index in [0.29, 0.717) is 11.4 Å². The van der Waals surface area contributed by atoms with Gasteiger partial charge >= 0.3 is 11.8 Å². The number of hydrogen-bond donors (Lipinski definition) is 2. The van der Waals surface area contributed by atoms with Crippen LogP contribution in [0.2, 0.25) is 0 Å². The lowest BCUT2D eigenvalue weighted by Gasteiger charge is -2.43. The van der Waals surface area contributed by atoms with Crippen molar-refractivity contribution in [2.45, 2.75) is 45.7 Å². The molecule has 11 heteroatoms. The second-order valence-corrected chi connectivity index (χ2v) is 8.72. The van der Waals surface area contributed by atoms with Gasteiger partial charge in [-0.05, 0) is 38.0 Å². The van der Waals surface area contributed by atoms with Gasteiger partial charge in [0.15, 0.2) is 5.65 Å². The Bertz CT molecular complexity index is 1460. The highest BCUT2D eigenvalue weighted by Crippen LogP contribution is 2.35. The van der Waals surface area contributed by atoms with Crippen LogP contribution in [0.3, 0.4) is 0 Å². The van der Waals surface area contributed by atoms with Crippen molar-refractivity contribution in [1.29, 1.82) is 0 Å². The zero-order valence-corrected chi connectivity index (χ0v) is 19.8. The molecular formula is C24H30N6O5. The van der Waals surface area contributed by atoms with Gasteiger partial charge < -0.3 is 24.7 Å². The number of nitrogens with zero attached hydrogens (tertiary/aromatic N) is 6. The number of anilines is 1. The van der Waals surface area contributed by atoms with Crippen molar-refractivity contribution in [3.05, 3.63) is 46.8 Å². The van der Waals surface area contributed by atoms with E-state index in [1.54, 1.807) is 37.1 Å². The van der Waals surface area contributed by atoms with Gasteiger partial charge in [-0.1, -0.05) is 13.8 Å². The molecule has 1 aliphatic rings. The van der Waals surface area contributed by atoms with Gasteiger partial charge in [0.2, 0.25) is 0 Å². The Kier molecular flexibility index (Phi) is 5.51. The van der Waals surface area contributed by atoms with Gasteiger partial charge in [-0.25, -0.2) is 19.1 Å². The molecule has 0 radical (unpaired) electrons. The summed E-state index contributed by atoms with van der Waals surface area (Å²) in [6.45, 7) is 1.02. The maximum Gasteiger partial charge on any atom is 0.407 e. The average molecular weight is 487 g/mol. The molecule has 0 bridgehead atoms. The molecular weight excluding hydrogens is 452 g/mol. The SMILES string of the molecule is [2H]C([2H])(O)C([2H])([2H])Oc1ccnc2c1c(N1CC(C)N(C(=O)O)CC1C)nc(=O)n2-c1cccnc1C(C)C. The predicted molar refractivity (Wildman–Crippen MR) is 131 cm³/mol. The summed E-state index contributed by atoms with van der Waals surface area (Å²) in [5.74, 6) is -0.222. The first-order valence-electron chi connectivity index (χ1n) is 13.2. The minimum atomic E-state index is -3.37. The molecule has 0 aromatic carbocycles. The molecule has 0 spiro atoms. The summed E-state index contributed by atoms with van der Waals surface area (Å²) >= 11 is 0. The Morgan fingerprint density at radius 3 is 2.69 bits per heavy atom. The summed E-state index contributed by atoms with van der Waals surface area (Å²) in [4.78, 5) is 41.5. The van der Waals surface area contributed by atoms with Crippen LogP contribution in [-0.4, -0.2) is 79.0 Å². The lowest BCUT2D eigenvalue weighted by atomic mass is 10.1. The van der Waals surface area contributed by atoms with Crippen LogP contribution in [0.5, 0.6) is 5.75 Å². The van der Waals surface area contributed by atoms with E-state index in [4.69, 9.17) is 10.2 Å². The molecule has 2 unspecified atom stereocenters. The first kappa shape index (κ1) is 19.6. The van der Waals surface area contributed by atoms with Crippen LogP contribution in [-0.2, 0) is 0 Å². The molecule has 1 aliphatic heterocycles. The lowest BCUT2D eigenvalue weighted by Crippen LogP contribution is -2.58. The number of carbonyl (C=O) groups is 1. The molecule has 4 heterocycles. The Hall–Kier alpha value is -3.73. The average Bonchev–Trinajstić information content (AvgIpc) is 2.83. The fourth-order valence-electron chi connectivity index (χ4n) is 4.42. The fourth-order valence-corrected chi connectivity index (χ4v) is 4.42. The summed E-state index contributed by atoms with van der Waals surface area (Å²) in [7, 11) is 0. The van der Waals surface area contributed by atoms with Gasteiger partial charge in [-0.3, -0.25) is 4.98 Å². The van der Waals surface area contributed by atoms with E-state index in [1.807, 2.05) is 13.8 Å².